The molecule has 1 saturated carbocycles. The number of benzene rings is 1. The molecule has 1 fully saturated rings. The summed E-state index contributed by atoms with van der Waals surface area (Å²) in [5.41, 5.74) is 2.66. The van der Waals surface area contributed by atoms with Crippen LogP contribution in [-0.4, -0.2) is 23.0 Å². The fourth-order valence-corrected chi connectivity index (χ4v) is 2.03. The number of rotatable bonds is 5. The number of carbonyl (C=O) groups excluding carboxylic acids is 1. The lowest BCUT2D eigenvalue weighted by atomic mass is 10.0. The fourth-order valence-electron chi connectivity index (χ4n) is 2.03. The zero-order valence-electron chi connectivity index (χ0n) is 11.3. The van der Waals surface area contributed by atoms with E-state index in [0.29, 0.717) is 17.9 Å². The van der Waals surface area contributed by atoms with Crippen LogP contribution in [0.1, 0.15) is 40.7 Å². The number of aryl methyl sites for hydroxylation is 2. The zero-order chi connectivity index (χ0) is 14.0. The molecule has 0 aliphatic heterocycles. The molecule has 2 rings (SSSR count). The van der Waals surface area contributed by atoms with Gasteiger partial charge in [-0.25, -0.2) is 4.79 Å². The number of carboxylic acid groups (broad SMARTS) is 1. The number of amides is 1. The molecule has 102 valence electrons. The van der Waals surface area contributed by atoms with Gasteiger partial charge in [-0.05, 0) is 49.4 Å². The Morgan fingerprint density at radius 1 is 1.32 bits per heavy atom. The SMILES string of the molecule is Cc1ccc(C(=O)NC(CC2CC2)C(=O)O)cc1C. The van der Waals surface area contributed by atoms with Gasteiger partial charge in [-0.3, -0.25) is 4.79 Å². The van der Waals surface area contributed by atoms with E-state index in [1.165, 1.54) is 0 Å². The molecule has 4 nitrogen and oxygen atoms in total. The van der Waals surface area contributed by atoms with Gasteiger partial charge in [0.05, 0.1) is 0 Å². The highest BCUT2D eigenvalue weighted by Crippen LogP contribution is 2.33. The monoisotopic (exact) mass is 261 g/mol. The zero-order valence-corrected chi connectivity index (χ0v) is 11.3. The molecule has 1 atom stereocenters. The summed E-state index contributed by atoms with van der Waals surface area (Å²) in [6, 6.07) is 4.62. The lowest BCUT2D eigenvalue weighted by Gasteiger charge is -2.14. The van der Waals surface area contributed by atoms with Gasteiger partial charge in [-0.15, -0.1) is 0 Å². The first kappa shape index (κ1) is 13.6. The molecule has 1 unspecified atom stereocenters. The van der Waals surface area contributed by atoms with Crippen molar-refractivity contribution in [1.82, 2.24) is 5.32 Å². The van der Waals surface area contributed by atoms with E-state index in [1.807, 2.05) is 19.9 Å². The third-order valence-electron chi connectivity index (χ3n) is 3.64. The van der Waals surface area contributed by atoms with E-state index in [1.54, 1.807) is 12.1 Å². The minimum absolute atomic E-state index is 0.309. The standard InChI is InChI=1S/C15H19NO3/c1-9-3-6-12(7-10(9)2)14(17)16-13(15(18)19)8-11-4-5-11/h3,6-7,11,13H,4-5,8H2,1-2H3,(H,16,17)(H,18,19). The molecule has 0 aromatic heterocycles. The lowest BCUT2D eigenvalue weighted by molar-refractivity contribution is -0.139. The normalized spacial score (nSPS) is 15.9. The van der Waals surface area contributed by atoms with Crippen molar-refractivity contribution in [3.63, 3.8) is 0 Å². The van der Waals surface area contributed by atoms with Crippen LogP contribution in [0.15, 0.2) is 18.2 Å². The molecule has 0 heterocycles. The molecule has 1 aromatic rings. The molecule has 0 saturated heterocycles. The summed E-state index contributed by atoms with van der Waals surface area (Å²) in [5, 5.41) is 11.7. The molecule has 1 aliphatic rings. The summed E-state index contributed by atoms with van der Waals surface area (Å²) in [4.78, 5) is 23.2. The Hall–Kier alpha value is -1.84. The second-order valence-corrected chi connectivity index (χ2v) is 5.34. The number of hydrogen-bond acceptors (Lipinski definition) is 2. The number of nitrogens with one attached hydrogen (secondary N) is 1. The highest BCUT2D eigenvalue weighted by atomic mass is 16.4. The average Bonchev–Trinajstić information content (AvgIpc) is 3.15. The largest absolute Gasteiger partial charge is 0.480 e. The maximum Gasteiger partial charge on any atom is 0.326 e. The predicted octanol–water partition coefficient (Wildman–Crippen LogP) is 2.29. The van der Waals surface area contributed by atoms with E-state index < -0.39 is 12.0 Å². The van der Waals surface area contributed by atoms with Gasteiger partial charge >= 0.3 is 5.97 Å². The van der Waals surface area contributed by atoms with Crippen molar-refractivity contribution >= 4 is 11.9 Å². The molecular weight excluding hydrogens is 242 g/mol. The molecule has 19 heavy (non-hydrogen) atoms. The molecule has 0 bridgehead atoms. The first-order chi connectivity index (χ1) is 8.97. The molecule has 1 aliphatic carbocycles. The van der Waals surface area contributed by atoms with Gasteiger partial charge in [-0.2, -0.15) is 0 Å². The Labute approximate surface area is 112 Å². The van der Waals surface area contributed by atoms with Crippen molar-refractivity contribution in [1.29, 1.82) is 0 Å². The Morgan fingerprint density at radius 2 is 2.00 bits per heavy atom. The van der Waals surface area contributed by atoms with Gasteiger partial charge in [0.15, 0.2) is 0 Å². The van der Waals surface area contributed by atoms with Gasteiger partial charge in [0.1, 0.15) is 6.04 Å². The second kappa shape index (κ2) is 5.43. The minimum atomic E-state index is -0.955. The van der Waals surface area contributed by atoms with E-state index in [9.17, 15) is 9.59 Å². The highest BCUT2D eigenvalue weighted by Gasteiger charge is 2.30. The summed E-state index contributed by atoms with van der Waals surface area (Å²) in [6.07, 6.45) is 2.68. The summed E-state index contributed by atoms with van der Waals surface area (Å²) in [6.45, 7) is 3.91. The van der Waals surface area contributed by atoms with Crippen LogP contribution in [0.3, 0.4) is 0 Å². The third kappa shape index (κ3) is 3.56. The maximum atomic E-state index is 12.1. The number of aliphatic carboxylic acids is 1. The quantitative estimate of drug-likeness (QED) is 0.854. The van der Waals surface area contributed by atoms with Crippen LogP contribution in [0.25, 0.3) is 0 Å². The van der Waals surface area contributed by atoms with Crippen LogP contribution in [0.2, 0.25) is 0 Å². The number of carbonyl (C=O) groups is 2. The topological polar surface area (TPSA) is 66.4 Å². The van der Waals surface area contributed by atoms with Crippen LogP contribution in [0.4, 0.5) is 0 Å². The predicted molar refractivity (Wildman–Crippen MR) is 72.1 cm³/mol. The second-order valence-electron chi connectivity index (χ2n) is 5.34. The summed E-state index contributed by atoms with van der Waals surface area (Å²) >= 11 is 0. The van der Waals surface area contributed by atoms with Crippen molar-refractivity contribution in [3.05, 3.63) is 34.9 Å². The highest BCUT2D eigenvalue weighted by molar-refractivity contribution is 5.96. The van der Waals surface area contributed by atoms with Gasteiger partial charge < -0.3 is 10.4 Å². The van der Waals surface area contributed by atoms with Gasteiger partial charge in [0, 0.05) is 5.56 Å². The van der Waals surface area contributed by atoms with Gasteiger partial charge in [-0.1, -0.05) is 18.9 Å². The molecule has 4 heteroatoms. The summed E-state index contributed by atoms with van der Waals surface area (Å²) in [5.74, 6) is -0.804. The van der Waals surface area contributed by atoms with E-state index in [2.05, 4.69) is 5.32 Å². The van der Waals surface area contributed by atoms with E-state index in [4.69, 9.17) is 5.11 Å². The van der Waals surface area contributed by atoms with Crippen LogP contribution in [-0.2, 0) is 4.79 Å². The van der Waals surface area contributed by atoms with Crippen molar-refractivity contribution in [2.45, 2.75) is 39.2 Å². The van der Waals surface area contributed by atoms with Crippen molar-refractivity contribution < 1.29 is 14.7 Å². The fraction of sp³-hybridized carbons (Fsp3) is 0.467. The van der Waals surface area contributed by atoms with E-state index in [-0.39, 0.29) is 5.91 Å². The Bertz CT molecular complexity index is 506. The lowest BCUT2D eigenvalue weighted by Crippen LogP contribution is -2.41. The van der Waals surface area contributed by atoms with Crippen molar-refractivity contribution in [3.8, 4) is 0 Å². The average molecular weight is 261 g/mol. The maximum absolute atomic E-state index is 12.1. The van der Waals surface area contributed by atoms with Gasteiger partial charge in [0.25, 0.3) is 5.91 Å². The van der Waals surface area contributed by atoms with Crippen LogP contribution in [0, 0.1) is 19.8 Å². The first-order valence-corrected chi connectivity index (χ1v) is 6.58. The van der Waals surface area contributed by atoms with E-state index in [0.717, 1.165) is 24.0 Å². The van der Waals surface area contributed by atoms with Crippen LogP contribution >= 0.6 is 0 Å². The molecular formula is C15H19NO3. The number of carboxylic acids is 1. The molecule has 2 N–H and O–H groups in total. The van der Waals surface area contributed by atoms with Crippen molar-refractivity contribution in [2.75, 3.05) is 0 Å². The van der Waals surface area contributed by atoms with E-state index >= 15 is 0 Å². The minimum Gasteiger partial charge on any atom is -0.480 e. The van der Waals surface area contributed by atoms with Crippen LogP contribution in [0.5, 0.6) is 0 Å². The Morgan fingerprint density at radius 3 is 2.53 bits per heavy atom. The Balaban J connectivity index is 2.05. The van der Waals surface area contributed by atoms with Gasteiger partial charge in [0.2, 0.25) is 0 Å². The summed E-state index contributed by atoms with van der Waals surface area (Å²) < 4.78 is 0. The third-order valence-corrected chi connectivity index (χ3v) is 3.64. The smallest absolute Gasteiger partial charge is 0.326 e. The van der Waals surface area contributed by atoms with Crippen LogP contribution < -0.4 is 5.32 Å². The summed E-state index contributed by atoms with van der Waals surface area (Å²) in [7, 11) is 0. The molecule has 0 spiro atoms. The molecule has 1 aromatic carbocycles. The molecule has 1 amide bonds. The number of hydrogen-bond donors (Lipinski definition) is 2. The first-order valence-electron chi connectivity index (χ1n) is 6.58. The molecule has 0 radical (unpaired) electrons. The van der Waals surface area contributed by atoms with Crippen molar-refractivity contribution in [2.24, 2.45) is 5.92 Å². The Kier molecular flexibility index (Phi) is 3.88.